The summed E-state index contributed by atoms with van der Waals surface area (Å²) in [5.41, 5.74) is 0. The molecule has 2 rings (SSSR count). The van der Waals surface area contributed by atoms with E-state index in [1.807, 2.05) is 0 Å². The molecule has 2 fully saturated rings. The molecule has 0 aliphatic carbocycles. The molecule has 0 bridgehead atoms. The summed E-state index contributed by atoms with van der Waals surface area (Å²) >= 11 is 0. The number of ether oxygens (including phenoxy) is 6. The van der Waals surface area contributed by atoms with Gasteiger partial charge in [0.05, 0.1) is 19.8 Å². The van der Waals surface area contributed by atoms with Gasteiger partial charge in [-0.1, -0.05) is 199 Å². The van der Waals surface area contributed by atoms with Gasteiger partial charge in [0, 0.05) is 12.8 Å². The maximum Gasteiger partial charge on any atom is 0.306 e. The van der Waals surface area contributed by atoms with Gasteiger partial charge < -0.3 is 64.2 Å². The summed E-state index contributed by atoms with van der Waals surface area (Å²) in [4.78, 5) is 25.8. The highest BCUT2D eigenvalue weighted by molar-refractivity contribution is 5.70. The maximum atomic E-state index is 13.1. The van der Waals surface area contributed by atoms with Crippen molar-refractivity contribution in [3.05, 3.63) is 12.2 Å². The molecule has 7 N–H and O–H groups in total. The molecule has 2 heterocycles. The summed E-state index contributed by atoms with van der Waals surface area (Å²) in [5, 5.41) is 72.2. The number of hydrogen-bond donors (Lipinski definition) is 7. The van der Waals surface area contributed by atoms with Crippen molar-refractivity contribution in [2.75, 3.05) is 26.4 Å². The molecule has 11 atom stereocenters. The van der Waals surface area contributed by atoms with Crippen LogP contribution >= 0.6 is 0 Å². The molecule has 2 saturated heterocycles. The third-order valence-electron chi connectivity index (χ3n) is 14.0. The largest absolute Gasteiger partial charge is 0.462 e. The summed E-state index contributed by atoms with van der Waals surface area (Å²) in [5.74, 6) is -0.929. The highest BCUT2D eigenvalue weighted by atomic mass is 16.7. The van der Waals surface area contributed by atoms with Crippen LogP contribution in [0.15, 0.2) is 12.2 Å². The molecule has 0 spiro atoms. The fourth-order valence-electron chi connectivity index (χ4n) is 9.27. The van der Waals surface area contributed by atoms with Crippen molar-refractivity contribution in [3.8, 4) is 0 Å². The van der Waals surface area contributed by atoms with Crippen molar-refractivity contribution < 1.29 is 73.8 Å². The Kier molecular flexibility index (Phi) is 40.0. The fourth-order valence-corrected chi connectivity index (χ4v) is 9.27. The zero-order chi connectivity index (χ0) is 51.7. The SMILES string of the molecule is CCCCCCCCCC/C=C/CCCCCC(=O)OC[C@H](CO[C@H]1O[C@@H](CO[C@H]2O[C@@H](CO)[C@@H](O)C(O)C2O)[C@@H](O)C(O)C1O)OC(=O)CCCCCCCCCCCCCCCCCCCCCC. The quantitative estimate of drug-likeness (QED) is 0.0171. The zero-order valence-corrected chi connectivity index (χ0v) is 44.5. The number of rotatable bonds is 46. The lowest BCUT2D eigenvalue weighted by Crippen LogP contribution is -2.61. The van der Waals surface area contributed by atoms with Crippen LogP contribution in [0.3, 0.4) is 0 Å². The Labute approximate surface area is 429 Å². The van der Waals surface area contributed by atoms with Crippen LogP contribution in [-0.4, -0.2) is 142 Å². The minimum Gasteiger partial charge on any atom is -0.462 e. The Morgan fingerprint density at radius 1 is 0.437 bits per heavy atom. The van der Waals surface area contributed by atoms with Crippen LogP contribution in [0.5, 0.6) is 0 Å². The molecule has 0 radical (unpaired) electrons. The second kappa shape index (κ2) is 43.5. The minimum atomic E-state index is -1.76. The van der Waals surface area contributed by atoms with Crippen molar-refractivity contribution >= 4 is 11.9 Å². The van der Waals surface area contributed by atoms with E-state index in [0.29, 0.717) is 12.8 Å². The van der Waals surface area contributed by atoms with Crippen LogP contribution in [0.1, 0.15) is 239 Å². The second-order valence-electron chi connectivity index (χ2n) is 20.5. The van der Waals surface area contributed by atoms with Crippen molar-refractivity contribution in [3.63, 3.8) is 0 Å². The van der Waals surface area contributed by atoms with Crippen LogP contribution < -0.4 is 0 Å². The number of unbranched alkanes of at least 4 members (excludes halogenated alkanes) is 30. The predicted molar refractivity (Wildman–Crippen MR) is 275 cm³/mol. The van der Waals surface area contributed by atoms with Gasteiger partial charge in [-0.3, -0.25) is 9.59 Å². The van der Waals surface area contributed by atoms with Gasteiger partial charge in [0.25, 0.3) is 0 Å². The van der Waals surface area contributed by atoms with E-state index in [4.69, 9.17) is 28.4 Å². The molecular formula is C56H104O15. The normalized spacial score (nSPS) is 25.2. The number of hydrogen-bond acceptors (Lipinski definition) is 15. The first-order valence-electron chi connectivity index (χ1n) is 28.8. The number of carbonyl (C=O) groups is 2. The molecule has 0 amide bonds. The lowest BCUT2D eigenvalue weighted by molar-refractivity contribution is -0.332. The number of allylic oxidation sites excluding steroid dienone is 2. The van der Waals surface area contributed by atoms with Crippen LogP contribution in [0.4, 0.5) is 0 Å². The van der Waals surface area contributed by atoms with Gasteiger partial charge in [0.1, 0.15) is 55.4 Å². The summed E-state index contributed by atoms with van der Waals surface area (Å²) in [6, 6.07) is 0. The monoisotopic (exact) mass is 1020 g/mol. The Morgan fingerprint density at radius 2 is 0.803 bits per heavy atom. The second-order valence-corrected chi connectivity index (χ2v) is 20.5. The molecule has 15 heteroatoms. The van der Waals surface area contributed by atoms with E-state index in [9.17, 15) is 45.3 Å². The van der Waals surface area contributed by atoms with Crippen molar-refractivity contribution in [2.45, 2.75) is 306 Å². The standard InChI is InChI=1S/C56H104O15/c1-3-5-7-9-11-13-15-17-19-20-21-22-23-25-27-29-31-33-35-37-39-48(59)69-44(41-66-47(58)38-36-34-32-30-28-26-24-18-16-14-12-10-8-6-4-2)42-67-55-54(65)52(63)50(61)46(71-55)43-68-56-53(64)51(62)49(60)45(40-57)70-56/h26,28,44-46,49-57,60-65H,3-25,27,29-43H2,1-2H3/b28-26+/t44-,45+,46+,49-,50-,51?,52?,53?,54?,55+,56+/m1/s1. The van der Waals surface area contributed by atoms with Gasteiger partial charge in [-0.05, 0) is 38.5 Å². The van der Waals surface area contributed by atoms with E-state index in [2.05, 4.69) is 26.0 Å². The molecule has 2 aliphatic heterocycles. The van der Waals surface area contributed by atoms with E-state index in [1.165, 1.54) is 154 Å². The van der Waals surface area contributed by atoms with Crippen molar-refractivity contribution in [1.82, 2.24) is 0 Å². The lowest BCUT2D eigenvalue weighted by atomic mass is 9.98. The summed E-state index contributed by atoms with van der Waals surface area (Å²) in [6.07, 6.45) is 28.1. The highest BCUT2D eigenvalue weighted by Crippen LogP contribution is 2.27. The smallest absolute Gasteiger partial charge is 0.306 e. The van der Waals surface area contributed by atoms with E-state index < -0.39 is 92.7 Å². The Bertz CT molecular complexity index is 1290. The van der Waals surface area contributed by atoms with Crippen molar-refractivity contribution in [2.24, 2.45) is 0 Å². The van der Waals surface area contributed by atoms with Gasteiger partial charge in [0.15, 0.2) is 18.7 Å². The average molecular weight is 1020 g/mol. The van der Waals surface area contributed by atoms with Gasteiger partial charge >= 0.3 is 11.9 Å². The summed E-state index contributed by atoms with van der Waals surface area (Å²) in [7, 11) is 0. The Balaban J connectivity index is 1.76. The topological polar surface area (TPSA) is 231 Å². The van der Waals surface area contributed by atoms with E-state index in [1.54, 1.807) is 0 Å². The summed E-state index contributed by atoms with van der Waals surface area (Å²) in [6.45, 7) is 2.62. The number of carbonyl (C=O) groups excluding carboxylic acids is 2. The number of esters is 2. The van der Waals surface area contributed by atoms with E-state index >= 15 is 0 Å². The third kappa shape index (κ3) is 31.0. The van der Waals surface area contributed by atoms with E-state index in [-0.39, 0.29) is 26.1 Å². The lowest BCUT2D eigenvalue weighted by Gasteiger charge is -2.42. The molecule has 0 aromatic heterocycles. The molecule has 0 saturated carbocycles. The highest BCUT2D eigenvalue weighted by Gasteiger charge is 2.47. The Morgan fingerprint density at radius 3 is 1.25 bits per heavy atom. The minimum absolute atomic E-state index is 0.168. The first-order valence-corrected chi connectivity index (χ1v) is 28.8. The molecule has 15 nitrogen and oxygen atoms in total. The van der Waals surface area contributed by atoms with Crippen LogP contribution in [0.2, 0.25) is 0 Å². The van der Waals surface area contributed by atoms with Gasteiger partial charge in [-0.15, -0.1) is 0 Å². The Hall–Kier alpha value is -1.76. The maximum absolute atomic E-state index is 13.1. The summed E-state index contributed by atoms with van der Waals surface area (Å²) < 4.78 is 33.7. The number of aliphatic hydroxyl groups excluding tert-OH is 7. The molecular weight excluding hydrogens is 913 g/mol. The van der Waals surface area contributed by atoms with Gasteiger partial charge in [-0.25, -0.2) is 0 Å². The van der Waals surface area contributed by atoms with Gasteiger partial charge in [-0.2, -0.15) is 0 Å². The van der Waals surface area contributed by atoms with Crippen LogP contribution in [0.25, 0.3) is 0 Å². The fraction of sp³-hybridized carbons (Fsp3) is 0.929. The predicted octanol–water partition coefficient (Wildman–Crippen LogP) is 9.33. The molecule has 0 aromatic carbocycles. The number of aliphatic hydroxyl groups is 7. The molecule has 418 valence electrons. The van der Waals surface area contributed by atoms with E-state index in [0.717, 1.165) is 44.9 Å². The first kappa shape index (κ1) is 65.4. The molecule has 0 aromatic rings. The molecule has 2 aliphatic rings. The van der Waals surface area contributed by atoms with Crippen molar-refractivity contribution in [1.29, 1.82) is 0 Å². The molecule has 4 unspecified atom stereocenters. The molecule has 71 heavy (non-hydrogen) atoms. The first-order chi connectivity index (χ1) is 34.5. The van der Waals surface area contributed by atoms with Crippen LogP contribution in [-0.2, 0) is 38.0 Å². The van der Waals surface area contributed by atoms with Gasteiger partial charge in [0.2, 0.25) is 0 Å². The average Bonchev–Trinajstić information content (AvgIpc) is 3.36. The zero-order valence-electron chi connectivity index (χ0n) is 44.5. The third-order valence-corrected chi connectivity index (χ3v) is 14.0. The van der Waals surface area contributed by atoms with Crippen LogP contribution in [0, 0.1) is 0 Å².